The van der Waals surface area contributed by atoms with Gasteiger partial charge in [-0.25, -0.2) is 0 Å². The molecule has 0 spiro atoms. The van der Waals surface area contributed by atoms with E-state index in [1.165, 1.54) is 57.1 Å². The Morgan fingerprint density at radius 1 is 0.328 bits per heavy atom. The van der Waals surface area contributed by atoms with E-state index in [-0.39, 0.29) is 0 Å². The lowest BCUT2D eigenvalue weighted by Crippen LogP contribution is -2.34. The molecule has 0 N–H and O–H groups in total. The zero-order valence-electron chi connectivity index (χ0n) is 35.1. The standard InChI is InChI=1S/C29H22O3.C29H22O2S/c2*1-3-30-23-17-13-21(14-18-23)29(22-15-19-24(20-16-22)31-4-2)25-9-5-7-11-27(25)32-28-12-8-6-10-26(28)29/h2*3-20H,1-2H2. The van der Waals surface area contributed by atoms with E-state index in [4.69, 9.17) is 23.7 Å². The van der Waals surface area contributed by atoms with E-state index in [1.54, 1.807) is 0 Å². The normalized spacial score (nSPS) is 13.2. The molecular weight excluding hydrogens is 809 g/mol. The van der Waals surface area contributed by atoms with Crippen LogP contribution in [0.2, 0.25) is 0 Å². The van der Waals surface area contributed by atoms with Gasteiger partial charge in [-0.05, 0) is 106 Å². The molecule has 2 aliphatic rings. The Balaban J connectivity index is 0.000000162. The summed E-state index contributed by atoms with van der Waals surface area (Å²) >= 11 is 1.82. The van der Waals surface area contributed by atoms with Crippen LogP contribution in [0, 0.1) is 0 Å². The maximum atomic E-state index is 6.32. The second kappa shape index (κ2) is 18.2. The Hall–Kier alpha value is -7.93. The van der Waals surface area contributed by atoms with E-state index >= 15 is 0 Å². The predicted molar refractivity (Wildman–Crippen MR) is 257 cm³/mol. The Kier molecular flexibility index (Phi) is 11.8. The van der Waals surface area contributed by atoms with Crippen LogP contribution < -0.4 is 23.7 Å². The molecule has 10 rings (SSSR count). The molecule has 0 amide bonds. The number of hydrogen-bond acceptors (Lipinski definition) is 6. The van der Waals surface area contributed by atoms with Gasteiger partial charge in [0.15, 0.2) is 0 Å². The predicted octanol–water partition coefficient (Wildman–Crippen LogP) is 14.8. The van der Waals surface area contributed by atoms with Crippen LogP contribution in [0.4, 0.5) is 0 Å². The molecule has 0 aliphatic carbocycles. The molecule has 2 aliphatic heterocycles. The molecule has 2 heterocycles. The summed E-state index contributed by atoms with van der Waals surface area (Å²) in [6.45, 7) is 14.6. The van der Waals surface area contributed by atoms with Gasteiger partial charge in [-0.15, -0.1) is 0 Å². The summed E-state index contributed by atoms with van der Waals surface area (Å²) in [6.07, 6.45) is 5.76. The van der Waals surface area contributed by atoms with E-state index in [0.29, 0.717) is 0 Å². The summed E-state index contributed by atoms with van der Waals surface area (Å²) in [4.78, 5) is 2.51. The van der Waals surface area contributed by atoms with Gasteiger partial charge in [0.1, 0.15) is 34.5 Å². The highest BCUT2D eigenvalue weighted by Crippen LogP contribution is 2.57. The first-order valence-electron chi connectivity index (χ1n) is 20.8. The van der Waals surface area contributed by atoms with Crippen molar-refractivity contribution in [3.63, 3.8) is 0 Å². The van der Waals surface area contributed by atoms with Crippen LogP contribution in [0.1, 0.15) is 44.5 Å². The first-order valence-corrected chi connectivity index (χ1v) is 21.6. The highest BCUT2D eigenvalue weighted by Gasteiger charge is 2.46. The lowest BCUT2D eigenvalue weighted by molar-refractivity contribution is 0.434. The summed E-state index contributed by atoms with van der Waals surface area (Å²) in [7, 11) is 0. The smallest absolute Gasteiger partial charge is 0.132 e. The quantitative estimate of drug-likeness (QED) is 0.114. The molecule has 0 saturated carbocycles. The molecule has 5 nitrogen and oxygen atoms in total. The molecule has 0 bridgehead atoms. The van der Waals surface area contributed by atoms with Crippen molar-refractivity contribution in [3.8, 4) is 34.5 Å². The molecule has 0 fully saturated rings. The Labute approximate surface area is 378 Å². The second-order valence-corrected chi connectivity index (χ2v) is 16.0. The van der Waals surface area contributed by atoms with Crippen LogP contribution in [-0.2, 0) is 10.8 Å². The molecule has 64 heavy (non-hydrogen) atoms. The van der Waals surface area contributed by atoms with E-state index in [1.807, 2.05) is 84.6 Å². The zero-order chi connectivity index (χ0) is 43.9. The molecular formula is C58H44O5S. The van der Waals surface area contributed by atoms with Gasteiger partial charge in [0, 0.05) is 20.9 Å². The van der Waals surface area contributed by atoms with Crippen LogP contribution in [0.5, 0.6) is 34.5 Å². The van der Waals surface area contributed by atoms with E-state index in [9.17, 15) is 0 Å². The number of hydrogen-bond donors (Lipinski definition) is 0. The number of benzene rings is 8. The molecule has 312 valence electrons. The molecule has 0 unspecified atom stereocenters. The van der Waals surface area contributed by atoms with Gasteiger partial charge in [-0.1, -0.05) is 159 Å². The van der Waals surface area contributed by atoms with Gasteiger partial charge < -0.3 is 23.7 Å². The third-order valence-electron chi connectivity index (χ3n) is 11.6. The van der Waals surface area contributed by atoms with Crippen molar-refractivity contribution in [2.24, 2.45) is 0 Å². The SMILES string of the molecule is C=COc1ccc(C2(c3ccc(OC=C)cc3)c3ccccc3Oc3ccccc32)cc1.C=COc1ccc(C2(c3ccc(OC=C)cc3)c3ccccc3Sc3ccccc32)cc1. The highest BCUT2D eigenvalue weighted by atomic mass is 32.2. The van der Waals surface area contributed by atoms with Crippen molar-refractivity contribution >= 4 is 11.8 Å². The minimum atomic E-state index is -0.579. The van der Waals surface area contributed by atoms with E-state index in [2.05, 4.69) is 148 Å². The maximum Gasteiger partial charge on any atom is 0.132 e. The van der Waals surface area contributed by atoms with Gasteiger partial charge in [0.05, 0.1) is 35.9 Å². The van der Waals surface area contributed by atoms with Crippen LogP contribution >= 0.6 is 11.8 Å². The fourth-order valence-corrected chi connectivity index (χ4v) is 10.3. The topological polar surface area (TPSA) is 46.2 Å². The average molecular weight is 853 g/mol. The van der Waals surface area contributed by atoms with E-state index < -0.39 is 10.8 Å². The Morgan fingerprint density at radius 2 is 0.594 bits per heavy atom. The fourth-order valence-electron chi connectivity index (χ4n) is 9.09. The van der Waals surface area contributed by atoms with Crippen LogP contribution in [0.15, 0.2) is 255 Å². The highest BCUT2D eigenvalue weighted by molar-refractivity contribution is 7.99. The first kappa shape index (κ1) is 41.4. The molecule has 0 saturated heterocycles. The summed E-state index contributed by atoms with van der Waals surface area (Å²) in [5, 5.41) is 0. The lowest BCUT2D eigenvalue weighted by atomic mass is 9.63. The van der Waals surface area contributed by atoms with Gasteiger partial charge >= 0.3 is 0 Å². The van der Waals surface area contributed by atoms with Crippen molar-refractivity contribution in [1.82, 2.24) is 0 Å². The molecule has 0 atom stereocenters. The van der Waals surface area contributed by atoms with Crippen molar-refractivity contribution in [1.29, 1.82) is 0 Å². The first-order chi connectivity index (χ1) is 31.5. The second-order valence-electron chi connectivity index (χ2n) is 14.9. The van der Waals surface area contributed by atoms with Gasteiger partial charge in [0.25, 0.3) is 0 Å². The van der Waals surface area contributed by atoms with Crippen molar-refractivity contribution in [2.45, 2.75) is 20.6 Å². The van der Waals surface area contributed by atoms with Crippen molar-refractivity contribution in [2.75, 3.05) is 0 Å². The molecule has 0 radical (unpaired) electrons. The summed E-state index contributed by atoms with van der Waals surface area (Å²) in [5.74, 6) is 4.68. The molecule has 8 aromatic rings. The van der Waals surface area contributed by atoms with Gasteiger partial charge in [0.2, 0.25) is 0 Å². The molecule has 8 aromatic carbocycles. The number of para-hydroxylation sites is 2. The zero-order valence-corrected chi connectivity index (χ0v) is 35.9. The van der Waals surface area contributed by atoms with Crippen molar-refractivity contribution in [3.05, 3.63) is 290 Å². The Morgan fingerprint density at radius 3 is 0.906 bits per heavy atom. The van der Waals surface area contributed by atoms with Gasteiger partial charge in [-0.2, -0.15) is 0 Å². The number of fused-ring (bicyclic) bond motifs is 4. The number of ether oxygens (including phenoxy) is 5. The third-order valence-corrected chi connectivity index (χ3v) is 12.8. The van der Waals surface area contributed by atoms with Crippen LogP contribution in [0.3, 0.4) is 0 Å². The lowest BCUT2D eigenvalue weighted by Gasteiger charge is -2.41. The minimum Gasteiger partial charge on any atom is -0.466 e. The molecule has 0 aromatic heterocycles. The summed E-state index contributed by atoms with van der Waals surface area (Å²) in [5.41, 5.74) is 8.18. The van der Waals surface area contributed by atoms with Crippen LogP contribution in [0.25, 0.3) is 0 Å². The van der Waals surface area contributed by atoms with Crippen molar-refractivity contribution < 1.29 is 23.7 Å². The Bertz CT molecular complexity index is 2550. The fraction of sp³-hybridized carbons (Fsp3) is 0.0345. The van der Waals surface area contributed by atoms with Crippen LogP contribution in [-0.4, -0.2) is 0 Å². The maximum absolute atomic E-state index is 6.32. The molecule has 6 heteroatoms. The monoisotopic (exact) mass is 852 g/mol. The van der Waals surface area contributed by atoms with Gasteiger partial charge in [-0.3, -0.25) is 0 Å². The largest absolute Gasteiger partial charge is 0.466 e. The minimum absolute atomic E-state index is 0.474. The third kappa shape index (κ3) is 7.34. The summed E-state index contributed by atoms with van der Waals surface area (Å²) < 4.78 is 28.3. The van der Waals surface area contributed by atoms with E-state index in [0.717, 1.165) is 56.8 Å². The summed E-state index contributed by atoms with van der Waals surface area (Å²) in [6, 6.07) is 66.6. The number of rotatable bonds is 12. The average Bonchev–Trinajstić information content (AvgIpc) is 3.34.